The van der Waals surface area contributed by atoms with Crippen LogP contribution in [-0.2, 0) is 19.4 Å². The Labute approximate surface area is 131 Å². The molecule has 1 aliphatic rings. The number of thiazole rings is 1. The summed E-state index contributed by atoms with van der Waals surface area (Å²) in [6, 6.07) is 11.3. The summed E-state index contributed by atoms with van der Waals surface area (Å²) in [4.78, 5) is 6.41. The molecule has 0 radical (unpaired) electrons. The number of benzene rings is 1. The third-order valence-electron chi connectivity index (χ3n) is 3.88. The summed E-state index contributed by atoms with van der Waals surface area (Å²) >= 11 is 1.92. The molecule has 0 aliphatic heterocycles. The average molecular weight is 300 g/mol. The number of hydrogen-bond donors (Lipinski definition) is 1. The standard InChI is InChI=1S/C18H24N2S/c1-13(2)19-12-16-18(15-9-10-15)20-17(21-16)11-8-14-6-4-3-5-7-14/h3-7,13,15,19H,8-12H2,1-2H3. The van der Waals surface area contributed by atoms with Crippen LogP contribution in [0.3, 0.4) is 0 Å². The van der Waals surface area contributed by atoms with Crippen LogP contribution in [0.25, 0.3) is 0 Å². The van der Waals surface area contributed by atoms with Gasteiger partial charge >= 0.3 is 0 Å². The summed E-state index contributed by atoms with van der Waals surface area (Å²) in [5, 5.41) is 4.85. The first-order chi connectivity index (χ1) is 10.2. The van der Waals surface area contributed by atoms with Crippen LogP contribution in [0.2, 0.25) is 0 Å². The van der Waals surface area contributed by atoms with Gasteiger partial charge in [0, 0.05) is 29.8 Å². The lowest BCUT2D eigenvalue weighted by molar-refractivity contribution is 0.590. The molecule has 0 atom stereocenters. The van der Waals surface area contributed by atoms with Crippen molar-refractivity contribution in [3.8, 4) is 0 Å². The van der Waals surface area contributed by atoms with Crippen LogP contribution in [-0.4, -0.2) is 11.0 Å². The lowest BCUT2D eigenvalue weighted by atomic mass is 10.1. The van der Waals surface area contributed by atoms with Crippen LogP contribution in [0, 0.1) is 0 Å². The Kier molecular flexibility index (Phi) is 4.71. The van der Waals surface area contributed by atoms with Crippen LogP contribution in [0.4, 0.5) is 0 Å². The Bertz CT molecular complexity index is 570. The zero-order valence-electron chi connectivity index (χ0n) is 12.9. The van der Waals surface area contributed by atoms with Crippen molar-refractivity contribution in [1.29, 1.82) is 0 Å². The molecule has 1 aromatic heterocycles. The Morgan fingerprint density at radius 2 is 1.95 bits per heavy atom. The molecular weight excluding hydrogens is 276 g/mol. The lowest BCUT2D eigenvalue weighted by Crippen LogP contribution is -2.21. The van der Waals surface area contributed by atoms with Gasteiger partial charge in [0.1, 0.15) is 0 Å². The van der Waals surface area contributed by atoms with E-state index in [4.69, 9.17) is 4.98 Å². The molecule has 1 aromatic carbocycles. The summed E-state index contributed by atoms with van der Waals surface area (Å²) < 4.78 is 0. The first kappa shape index (κ1) is 14.7. The highest BCUT2D eigenvalue weighted by Gasteiger charge is 2.29. The average Bonchev–Trinajstić information content (AvgIpc) is 3.25. The van der Waals surface area contributed by atoms with E-state index >= 15 is 0 Å². The topological polar surface area (TPSA) is 24.9 Å². The Morgan fingerprint density at radius 1 is 1.19 bits per heavy atom. The first-order valence-electron chi connectivity index (χ1n) is 7.98. The van der Waals surface area contributed by atoms with E-state index in [1.807, 2.05) is 11.3 Å². The monoisotopic (exact) mass is 300 g/mol. The zero-order chi connectivity index (χ0) is 14.7. The molecule has 0 amide bonds. The van der Waals surface area contributed by atoms with Gasteiger partial charge in [0.05, 0.1) is 10.7 Å². The fourth-order valence-electron chi connectivity index (χ4n) is 2.52. The molecule has 0 unspecified atom stereocenters. The Morgan fingerprint density at radius 3 is 2.62 bits per heavy atom. The molecule has 1 saturated carbocycles. The maximum atomic E-state index is 4.94. The van der Waals surface area contributed by atoms with Gasteiger partial charge in [0.15, 0.2) is 0 Å². The fourth-order valence-corrected chi connectivity index (χ4v) is 3.62. The predicted octanol–water partition coefficient (Wildman–Crippen LogP) is 4.30. The molecule has 1 fully saturated rings. The normalized spacial score (nSPS) is 14.8. The Hall–Kier alpha value is -1.19. The molecule has 21 heavy (non-hydrogen) atoms. The van der Waals surface area contributed by atoms with E-state index in [1.54, 1.807) is 0 Å². The summed E-state index contributed by atoms with van der Waals surface area (Å²) in [7, 11) is 0. The van der Waals surface area contributed by atoms with E-state index in [-0.39, 0.29) is 0 Å². The van der Waals surface area contributed by atoms with Crippen molar-refractivity contribution in [1.82, 2.24) is 10.3 Å². The van der Waals surface area contributed by atoms with Crippen LogP contribution in [0.5, 0.6) is 0 Å². The smallest absolute Gasteiger partial charge is 0.0935 e. The second-order valence-corrected chi connectivity index (χ2v) is 7.38. The third-order valence-corrected chi connectivity index (χ3v) is 5.01. The van der Waals surface area contributed by atoms with E-state index in [9.17, 15) is 0 Å². The molecule has 0 bridgehead atoms. The van der Waals surface area contributed by atoms with Crippen LogP contribution in [0.1, 0.15) is 53.7 Å². The molecule has 1 aliphatic carbocycles. The van der Waals surface area contributed by atoms with Gasteiger partial charge < -0.3 is 5.32 Å². The second kappa shape index (κ2) is 6.71. The summed E-state index contributed by atoms with van der Waals surface area (Å²) in [5.41, 5.74) is 2.79. The van der Waals surface area contributed by atoms with Crippen molar-refractivity contribution in [2.24, 2.45) is 0 Å². The zero-order valence-corrected chi connectivity index (χ0v) is 13.7. The molecule has 1 heterocycles. The fraction of sp³-hybridized carbons (Fsp3) is 0.500. The third kappa shape index (κ3) is 4.14. The highest BCUT2D eigenvalue weighted by Crippen LogP contribution is 2.42. The van der Waals surface area contributed by atoms with Crippen molar-refractivity contribution in [3.05, 3.63) is 51.5 Å². The highest BCUT2D eigenvalue weighted by atomic mass is 32.1. The van der Waals surface area contributed by atoms with Crippen molar-refractivity contribution in [2.75, 3.05) is 0 Å². The van der Waals surface area contributed by atoms with E-state index in [2.05, 4.69) is 49.5 Å². The largest absolute Gasteiger partial charge is 0.310 e. The molecule has 1 N–H and O–H groups in total. The minimum atomic E-state index is 0.534. The van der Waals surface area contributed by atoms with Crippen molar-refractivity contribution in [2.45, 2.75) is 58.0 Å². The van der Waals surface area contributed by atoms with Crippen molar-refractivity contribution >= 4 is 11.3 Å². The highest BCUT2D eigenvalue weighted by molar-refractivity contribution is 7.11. The molecule has 112 valence electrons. The summed E-state index contributed by atoms with van der Waals surface area (Å²) in [6.07, 6.45) is 4.82. The van der Waals surface area contributed by atoms with Gasteiger partial charge in [0.2, 0.25) is 0 Å². The number of rotatable bonds is 7. The van der Waals surface area contributed by atoms with Crippen molar-refractivity contribution < 1.29 is 0 Å². The van der Waals surface area contributed by atoms with Gasteiger partial charge in [-0.2, -0.15) is 0 Å². The Balaban J connectivity index is 1.66. The molecule has 3 heteroatoms. The number of nitrogens with zero attached hydrogens (tertiary/aromatic N) is 1. The van der Waals surface area contributed by atoms with E-state index < -0.39 is 0 Å². The second-order valence-electron chi connectivity index (χ2n) is 6.21. The van der Waals surface area contributed by atoms with E-state index in [0.29, 0.717) is 6.04 Å². The van der Waals surface area contributed by atoms with Gasteiger partial charge in [0.25, 0.3) is 0 Å². The van der Waals surface area contributed by atoms with Gasteiger partial charge in [-0.05, 0) is 24.8 Å². The molecule has 3 rings (SSSR count). The van der Waals surface area contributed by atoms with E-state index in [1.165, 1.54) is 34.0 Å². The lowest BCUT2D eigenvalue weighted by Gasteiger charge is -2.07. The maximum absolute atomic E-state index is 4.94. The van der Waals surface area contributed by atoms with Crippen LogP contribution < -0.4 is 5.32 Å². The van der Waals surface area contributed by atoms with Crippen molar-refractivity contribution in [3.63, 3.8) is 0 Å². The van der Waals surface area contributed by atoms with Gasteiger partial charge in [-0.15, -0.1) is 11.3 Å². The minimum Gasteiger partial charge on any atom is -0.310 e. The van der Waals surface area contributed by atoms with Crippen LogP contribution in [0.15, 0.2) is 30.3 Å². The molecule has 0 spiro atoms. The van der Waals surface area contributed by atoms with Crippen LogP contribution >= 0.6 is 11.3 Å². The first-order valence-corrected chi connectivity index (χ1v) is 8.80. The molecular formula is C18H24N2S. The maximum Gasteiger partial charge on any atom is 0.0935 e. The molecule has 0 saturated heterocycles. The summed E-state index contributed by atoms with van der Waals surface area (Å²) in [5.74, 6) is 0.746. The van der Waals surface area contributed by atoms with Gasteiger partial charge in [-0.3, -0.25) is 0 Å². The number of nitrogens with one attached hydrogen (secondary N) is 1. The quantitative estimate of drug-likeness (QED) is 0.824. The predicted molar refractivity (Wildman–Crippen MR) is 89.9 cm³/mol. The number of aryl methyl sites for hydroxylation is 2. The summed E-state index contributed by atoms with van der Waals surface area (Å²) in [6.45, 7) is 5.38. The van der Waals surface area contributed by atoms with Gasteiger partial charge in [-0.25, -0.2) is 4.98 Å². The minimum absolute atomic E-state index is 0.534. The molecule has 2 nitrogen and oxygen atoms in total. The van der Waals surface area contributed by atoms with E-state index in [0.717, 1.165) is 25.3 Å². The number of aromatic nitrogens is 1. The molecule has 2 aromatic rings. The van der Waals surface area contributed by atoms with Gasteiger partial charge in [-0.1, -0.05) is 44.2 Å². The SMILES string of the molecule is CC(C)NCc1sc(CCc2ccccc2)nc1C1CC1. The number of hydrogen-bond acceptors (Lipinski definition) is 3.